The first-order valence-corrected chi connectivity index (χ1v) is 8.03. The third-order valence-electron chi connectivity index (χ3n) is 3.78. The molecule has 4 nitrogen and oxygen atoms in total. The largest absolute Gasteiger partial charge is 0.397 e. The minimum absolute atomic E-state index is 0.0786. The molecule has 4 heteroatoms. The first kappa shape index (κ1) is 17.3. The van der Waals surface area contributed by atoms with Gasteiger partial charge in [0.25, 0.3) is 5.91 Å². The van der Waals surface area contributed by atoms with Crippen molar-refractivity contribution >= 4 is 17.3 Å². The van der Waals surface area contributed by atoms with Crippen molar-refractivity contribution in [2.75, 3.05) is 24.1 Å². The Morgan fingerprint density at radius 2 is 2.05 bits per heavy atom. The molecule has 0 saturated carbocycles. The Morgan fingerprint density at radius 1 is 1.29 bits per heavy atom. The first-order chi connectivity index (χ1) is 10.1. The summed E-state index contributed by atoms with van der Waals surface area (Å²) in [5, 5.41) is 6.19. The SMILES string of the molecule is CCCCC(CC)CNc1ccc(C(=O)NCC)cc1N. The molecule has 1 aromatic carbocycles. The third-order valence-corrected chi connectivity index (χ3v) is 3.78. The van der Waals surface area contributed by atoms with Crippen molar-refractivity contribution in [3.8, 4) is 0 Å². The second-order valence-corrected chi connectivity index (χ2v) is 5.46. The van der Waals surface area contributed by atoms with Gasteiger partial charge >= 0.3 is 0 Å². The summed E-state index contributed by atoms with van der Waals surface area (Å²) in [6, 6.07) is 5.45. The van der Waals surface area contributed by atoms with Crippen LogP contribution in [0.5, 0.6) is 0 Å². The summed E-state index contributed by atoms with van der Waals surface area (Å²) < 4.78 is 0. The average molecular weight is 291 g/mol. The summed E-state index contributed by atoms with van der Waals surface area (Å²) in [7, 11) is 0. The van der Waals surface area contributed by atoms with Crippen LogP contribution in [-0.4, -0.2) is 19.0 Å². The molecule has 0 spiro atoms. The highest BCUT2D eigenvalue weighted by atomic mass is 16.1. The fraction of sp³-hybridized carbons (Fsp3) is 0.588. The quantitative estimate of drug-likeness (QED) is 0.608. The number of nitrogens with two attached hydrogens (primary N) is 1. The van der Waals surface area contributed by atoms with E-state index in [1.807, 2.05) is 19.1 Å². The normalized spacial score (nSPS) is 12.0. The van der Waals surface area contributed by atoms with E-state index in [1.165, 1.54) is 25.7 Å². The number of hydrogen-bond acceptors (Lipinski definition) is 3. The van der Waals surface area contributed by atoms with Crippen LogP contribution in [0.3, 0.4) is 0 Å². The van der Waals surface area contributed by atoms with Crippen molar-refractivity contribution in [1.29, 1.82) is 0 Å². The van der Waals surface area contributed by atoms with Gasteiger partial charge in [0.1, 0.15) is 0 Å². The van der Waals surface area contributed by atoms with Gasteiger partial charge in [-0.25, -0.2) is 0 Å². The zero-order chi connectivity index (χ0) is 15.7. The second kappa shape index (κ2) is 9.27. The van der Waals surface area contributed by atoms with E-state index in [4.69, 9.17) is 5.73 Å². The van der Waals surface area contributed by atoms with E-state index in [0.717, 1.165) is 12.2 Å². The lowest BCUT2D eigenvalue weighted by Gasteiger charge is -2.17. The van der Waals surface area contributed by atoms with Gasteiger partial charge in [-0.15, -0.1) is 0 Å². The number of carbonyl (C=O) groups excluding carboxylic acids is 1. The molecule has 118 valence electrons. The number of rotatable bonds is 9. The summed E-state index contributed by atoms with van der Waals surface area (Å²) in [5.41, 5.74) is 8.19. The van der Waals surface area contributed by atoms with Crippen molar-refractivity contribution in [2.45, 2.75) is 46.5 Å². The van der Waals surface area contributed by atoms with Crippen molar-refractivity contribution in [3.05, 3.63) is 23.8 Å². The Morgan fingerprint density at radius 3 is 2.62 bits per heavy atom. The Bertz CT molecular complexity index is 446. The van der Waals surface area contributed by atoms with Gasteiger partial charge in [-0.1, -0.05) is 33.1 Å². The van der Waals surface area contributed by atoms with Gasteiger partial charge < -0.3 is 16.4 Å². The van der Waals surface area contributed by atoms with Crippen molar-refractivity contribution < 1.29 is 4.79 Å². The highest BCUT2D eigenvalue weighted by Gasteiger charge is 2.09. The molecular weight excluding hydrogens is 262 g/mol. The molecule has 1 rings (SSSR count). The minimum Gasteiger partial charge on any atom is -0.397 e. The van der Waals surface area contributed by atoms with Crippen LogP contribution in [-0.2, 0) is 0 Å². The molecule has 21 heavy (non-hydrogen) atoms. The molecule has 0 heterocycles. The molecule has 1 unspecified atom stereocenters. The number of amides is 1. The Balaban J connectivity index is 2.61. The van der Waals surface area contributed by atoms with Gasteiger partial charge in [0.2, 0.25) is 0 Å². The van der Waals surface area contributed by atoms with Crippen molar-refractivity contribution in [3.63, 3.8) is 0 Å². The highest BCUT2D eigenvalue weighted by molar-refractivity contribution is 5.96. The third kappa shape index (κ3) is 5.66. The maximum absolute atomic E-state index is 11.8. The lowest BCUT2D eigenvalue weighted by atomic mass is 9.99. The van der Waals surface area contributed by atoms with Crippen LogP contribution in [0.25, 0.3) is 0 Å². The fourth-order valence-electron chi connectivity index (χ4n) is 2.33. The Hall–Kier alpha value is -1.71. The van der Waals surface area contributed by atoms with Gasteiger partial charge in [0, 0.05) is 18.7 Å². The van der Waals surface area contributed by atoms with Crippen LogP contribution in [0.2, 0.25) is 0 Å². The van der Waals surface area contributed by atoms with Crippen LogP contribution >= 0.6 is 0 Å². The zero-order valence-electron chi connectivity index (χ0n) is 13.5. The summed E-state index contributed by atoms with van der Waals surface area (Å²) in [6.07, 6.45) is 4.92. The molecule has 0 bridgehead atoms. The topological polar surface area (TPSA) is 67.2 Å². The van der Waals surface area contributed by atoms with Gasteiger partial charge in [0.05, 0.1) is 11.4 Å². The van der Waals surface area contributed by atoms with Crippen LogP contribution in [0.1, 0.15) is 56.8 Å². The standard InChI is InChI=1S/C17H29N3O/c1-4-7-8-13(5-2)12-20-16-10-9-14(11-15(16)18)17(21)19-6-3/h9-11,13,20H,4-8,12,18H2,1-3H3,(H,19,21). The zero-order valence-corrected chi connectivity index (χ0v) is 13.5. The van der Waals surface area contributed by atoms with E-state index in [9.17, 15) is 4.79 Å². The van der Waals surface area contributed by atoms with Crippen LogP contribution in [0.15, 0.2) is 18.2 Å². The number of hydrogen-bond donors (Lipinski definition) is 3. The minimum atomic E-state index is -0.0786. The molecular formula is C17H29N3O. The summed E-state index contributed by atoms with van der Waals surface area (Å²) in [6.45, 7) is 7.90. The lowest BCUT2D eigenvalue weighted by Crippen LogP contribution is -2.23. The summed E-state index contributed by atoms with van der Waals surface area (Å²) in [4.78, 5) is 11.8. The van der Waals surface area contributed by atoms with E-state index in [0.29, 0.717) is 23.7 Å². The molecule has 0 fully saturated rings. The predicted molar refractivity (Wildman–Crippen MR) is 90.7 cm³/mol. The first-order valence-electron chi connectivity index (χ1n) is 8.03. The number of unbranched alkanes of at least 4 members (excludes halogenated alkanes) is 1. The monoisotopic (exact) mass is 291 g/mol. The smallest absolute Gasteiger partial charge is 0.251 e. The van der Waals surface area contributed by atoms with E-state index in [2.05, 4.69) is 24.5 Å². The molecule has 4 N–H and O–H groups in total. The molecule has 1 atom stereocenters. The van der Waals surface area contributed by atoms with Crippen molar-refractivity contribution in [2.24, 2.45) is 5.92 Å². The average Bonchev–Trinajstić information content (AvgIpc) is 2.48. The van der Waals surface area contributed by atoms with Gasteiger partial charge in [-0.3, -0.25) is 4.79 Å². The van der Waals surface area contributed by atoms with Gasteiger partial charge in [0.15, 0.2) is 0 Å². The second-order valence-electron chi connectivity index (χ2n) is 5.46. The molecule has 0 radical (unpaired) electrons. The summed E-state index contributed by atoms with van der Waals surface area (Å²) >= 11 is 0. The van der Waals surface area contributed by atoms with Crippen LogP contribution in [0.4, 0.5) is 11.4 Å². The lowest BCUT2D eigenvalue weighted by molar-refractivity contribution is 0.0956. The molecule has 0 aliphatic carbocycles. The predicted octanol–water partition coefficient (Wildman–Crippen LogP) is 3.65. The number of benzene rings is 1. The van der Waals surface area contributed by atoms with Crippen LogP contribution < -0.4 is 16.4 Å². The van der Waals surface area contributed by atoms with E-state index < -0.39 is 0 Å². The molecule has 1 aromatic rings. The fourth-order valence-corrected chi connectivity index (χ4v) is 2.33. The number of carbonyl (C=O) groups is 1. The molecule has 0 saturated heterocycles. The van der Waals surface area contributed by atoms with E-state index in [1.54, 1.807) is 6.07 Å². The number of nitrogen functional groups attached to an aromatic ring is 1. The molecule has 0 aromatic heterocycles. The highest BCUT2D eigenvalue weighted by Crippen LogP contribution is 2.21. The van der Waals surface area contributed by atoms with Crippen molar-refractivity contribution in [1.82, 2.24) is 5.32 Å². The van der Waals surface area contributed by atoms with Gasteiger partial charge in [-0.2, -0.15) is 0 Å². The molecule has 0 aliphatic rings. The number of anilines is 2. The maximum atomic E-state index is 11.8. The maximum Gasteiger partial charge on any atom is 0.251 e. The summed E-state index contributed by atoms with van der Waals surface area (Å²) in [5.74, 6) is 0.595. The molecule has 0 aliphatic heterocycles. The van der Waals surface area contributed by atoms with Gasteiger partial charge in [-0.05, 0) is 37.5 Å². The molecule has 1 amide bonds. The van der Waals surface area contributed by atoms with E-state index in [-0.39, 0.29) is 5.91 Å². The number of nitrogens with one attached hydrogen (secondary N) is 2. The van der Waals surface area contributed by atoms with Crippen LogP contribution in [0, 0.1) is 5.92 Å². The Kier molecular flexibility index (Phi) is 7.65. The van der Waals surface area contributed by atoms with E-state index >= 15 is 0 Å². The Labute approximate surface area is 128 Å².